The number of rotatable bonds is 18. The van der Waals surface area contributed by atoms with Crippen LogP contribution in [0, 0.1) is 17.6 Å². The molecular weight excluding hydrogens is 528 g/mol. The highest BCUT2D eigenvalue weighted by atomic mass is 28.4. The topological polar surface area (TPSA) is 9.23 Å². The molecule has 0 aromatic heterocycles. The Kier molecular flexibility index (Phi) is 14.9. The van der Waals surface area contributed by atoms with Crippen LogP contribution in [0.4, 0.5) is 17.3 Å². The van der Waals surface area contributed by atoms with Gasteiger partial charge in [-0.1, -0.05) is 117 Å². The van der Waals surface area contributed by atoms with Crippen LogP contribution in [0.1, 0.15) is 147 Å². The van der Waals surface area contributed by atoms with E-state index in [1.807, 2.05) is 0 Å². The number of halogens is 4. The third-order valence-electron chi connectivity index (χ3n) is 9.88. The highest BCUT2D eigenvalue weighted by molar-refractivity contribution is 6.74. The maximum atomic E-state index is 16.2. The molecule has 3 rings (SSSR count). The van der Waals surface area contributed by atoms with E-state index in [0.29, 0.717) is 36.9 Å². The minimum absolute atomic E-state index is 0.0180. The fourth-order valence-electron chi connectivity index (χ4n) is 7.20. The fraction of sp³-hybridized carbons (Fsp3) is 0.824. The molecule has 0 N–H and O–H groups in total. The summed E-state index contributed by atoms with van der Waals surface area (Å²) in [6.07, 6.45) is 19.2. The molecule has 1 aliphatic carbocycles. The Balaban J connectivity index is 1.40. The number of unbranched alkanes of at least 4 members (excludes halogenated alkanes) is 9. The van der Waals surface area contributed by atoms with Gasteiger partial charge in [0.15, 0.2) is 17.4 Å². The van der Waals surface area contributed by atoms with E-state index >= 15 is 4.11 Å². The van der Waals surface area contributed by atoms with Gasteiger partial charge in [-0.05, 0) is 66.4 Å². The van der Waals surface area contributed by atoms with Crippen LogP contribution in [0.5, 0.6) is 5.75 Å². The molecule has 1 nitrogen and oxygen atoms in total. The average molecular weight is 585 g/mol. The third kappa shape index (κ3) is 10.7. The summed E-state index contributed by atoms with van der Waals surface area (Å²) < 4.78 is 65.3. The summed E-state index contributed by atoms with van der Waals surface area (Å²) in [6, 6.07) is 3.88. The largest absolute Gasteiger partial charge is 0.485 e. The number of hydrogen-bond acceptors (Lipinski definition) is 1. The second-order valence-corrected chi connectivity index (χ2v) is 16.9. The van der Waals surface area contributed by atoms with Gasteiger partial charge in [0, 0.05) is 0 Å². The van der Waals surface area contributed by atoms with Crippen molar-refractivity contribution >= 4 is 8.41 Å². The van der Waals surface area contributed by atoms with Crippen molar-refractivity contribution in [3.63, 3.8) is 0 Å². The molecule has 2 aliphatic rings. The van der Waals surface area contributed by atoms with Gasteiger partial charge in [-0.15, -0.1) is 0 Å². The maximum absolute atomic E-state index is 16.2. The van der Waals surface area contributed by atoms with E-state index in [9.17, 15) is 13.2 Å². The summed E-state index contributed by atoms with van der Waals surface area (Å²) in [4.78, 5) is 0. The van der Waals surface area contributed by atoms with Gasteiger partial charge in [-0.25, -0.2) is 13.2 Å². The van der Waals surface area contributed by atoms with Crippen molar-refractivity contribution in [3.05, 3.63) is 29.3 Å². The summed E-state index contributed by atoms with van der Waals surface area (Å²) in [5.74, 6) is -1.27. The highest BCUT2D eigenvalue weighted by Crippen LogP contribution is 2.50. The number of hydrogen-bond donors (Lipinski definition) is 0. The van der Waals surface area contributed by atoms with Crippen LogP contribution >= 0.6 is 0 Å². The Hall–Kier alpha value is -1.04. The van der Waals surface area contributed by atoms with Crippen molar-refractivity contribution in [1.82, 2.24) is 0 Å². The molecule has 0 bridgehead atoms. The summed E-state index contributed by atoms with van der Waals surface area (Å²) in [6.45, 7) is 4.08. The van der Waals surface area contributed by atoms with E-state index in [4.69, 9.17) is 4.74 Å². The predicted molar refractivity (Wildman–Crippen MR) is 162 cm³/mol. The molecule has 1 unspecified atom stereocenters. The van der Waals surface area contributed by atoms with E-state index in [-0.39, 0.29) is 18.1 Å². The lowest BCUT2D eigenvalue weighted by Crippen LogP contribution is -2.40. The van der Waals surface area contributed by atoms with Gasteiger partial charge in [-0.3, -0.25) is 0 Å². The summed E-state index contributed by atoms with van der Waals surface area (Å²) in [5.41, 5.74) is 0.855. The zero-order chi connectivity index (χ0) is 28.8. The molecule has 0 amide bonds. The molecule has 1 saturated carbocycles. The van der Waals surface area contributed by atoms with Gasteiger partial charge in [0.1, 0.15) is 12.8 Å². The van der Waals surface area contributed by atoms with E-state index in [1.54, 1.807) is 0 Å². The SMILES string of the molecule is CCCCCCCCC(F)COc1c(F)cc(C2CC[Si](F)(C3CCC(CCCCCCC)CC3)CC2)cc1F. The summed E-state index contributed by atoms with van der Waals surface area (Å²) in [7, 11) is -2.83. The molecule has 0 spiro atoms. The third-order valence-corrected chi connectivity index (χ3v) is 14.2. The molecule has 40 heavy (non-hydrogen) atoms. The Morgan fingerprint density at radius 3 is 1.93 bits per heavy atom. The summed E-state index contributed by atoms with van der Waals surface area (Å²) in [5, 5.41) is 0. The molecule has 1 aromatic rings. The van der Waals surface area contributed by atoms with Crippen LogP contribution in [-0.4, -0.2) is 21.2 Å². The molecule has 1 aromatic carbocycles. The van der Waals surface area contributed by atoms with Crippen LogP contribution in [0.2, 0.25) is 17.6 Å². The molecule has 1 atom stereocenters. The fourth-order valence-corrected chi connectivity index (χ4v) is 11.3. The number of ether oxygens (including phenoxy) is 1. The van der Waals surface area contributed by atoms with Crippen molar-refractivity contribution in [2.45, 2.75) is 166 Å². The van der Waals surface area contributed by atoms with Crippen molar-refractivity contribution in [2.24, 2.45) is 5.92 Å². The monoisotopic (exact) mass is 584 g/mol. The second kappa shape index (κ2) is 17.8. The van der Waals surface area contributed by atoms with Gasteiger partial charge < -0.3 is 8.84 Å². The second-order valence-electron chi connectivity index (χ2n) is 13.0. The first-order valence-electron chi connectivity index (χ1n) is 16.8. The standard InChI is InChI=1S/C34H56F4OSi/c1-3-5-7-9-11-13-15-30(35)26-39-34-32(36)24-29(25-33(34)37)28-20-22-40(38,23-21-28)31-18-16-27(17-19-31)14-12-10-8-6-4-2/h24-25,27-28,30-31H,3-23,26H2,1-2H3. The van der Waals surface area contributed by atoms with Gasteiger partial charge >= 0.3 is 0 Å². The minimum atomic E-state index is -2.83. The molecule has 0 radical (unpaired) electrons. The van der Waals surface area contributed by atoms with Crippen molar-refractivity contribution in [3.8, 4) is 5.75 Å². The molecule has 1 aliphatic heterocycles. The van der Waals surface area contributed by atoms with Crippen molar-refractivity contribution in [1.29, 1.82) is 0 Å². The lowest BCUT2D eigenvalue weighted by molar-refractivity contribution is 0.173. The number of benzene rings is 1. The van der Waals surface area contributed by atoms with Crippen molar-refractivity contribution < 1.29 is 22.0 Å². The van der Waals surface area contributed by atoms with Crippen LogP contribution in [-0.2, 0) is 0 Å². The van der Waals surface area contributed by atoms with E-state index in [1.165, 1.54) is 82.8 Å². The van der Waals surface area contributed by atoms with E-state index in [0.717, 1.165) is 38.0 Å². The molecule has 1 heterocycles. The van der Waals surface area contributed by atoms with Crippen LogP contribution in [0.15, 0.2) is 12.1 Å². The Labute approximate surface area is 243 Å². The molecule has 6 heteroatoms. The first-order chi connectivity index (χ1) is 19.4. The van der Waals surface area contributed by atoms with Crippen LogP contribution in [0.25, 0.3) is 0 Å². The van der Waals surface area contributed by atoms with E-state index in [2.05, 4.69) is 13.8 Å². The Morgan fingerprint density at radius 1 is 0.775 bits per heavy atom. The van der Waals surface area contributed by atoms with Crippen LogP contribution < -0.4 is 4.74 Å². The molecule has 2 fully saturated rings. The maximum Gasteiger partial charge on any atom is 0.250 e. The van der Waals surface area contributed by atoms with Gasteiger partial charge in [0.05, 0.1) is 0 Å². The average Bonchev–Trinajstić information content (AvgIpc) is 2.95. The Morgan fingerprint density at radius 2 is 1.32 bits per heavy atom. The zero-order valence-corrected chi connectivity index (χ0v) is 26.4. The quantitative estimate of drug-likeness (QED) is 0.0722. The van der Waals surface area contributed by atoms with Gasteiger partial charge in [0.2, 0.25) is 8.41 Å². The minimum Gasteiger partial charge on any atom is -0.485 e. The van der Waals surface area contributed by atoms with Crippen molar-refractivity contribution in [2.75, 3.05) is 6.61 Å². The molecule has 1 saturated heterocycles. The normalized spacial score (nSPS) is 26.1. The number of alkyl halides is 1. The summed E-state index contributed by atoms with van der Waals surface area (Å²) >= 11 is 0. The first kappa shape index (κ1) is 33.5. The highest BCUT2D eigenvalue weighted by Gasteiger charge is 2.46. The van der Waals surface area contributed by atoms with Gasteiger partial charge in [-0.2, -0.15) is 0 Å². The molecule has 230 valence electrons. The zero-order valence-electron chi connectivity index (χ0n) is 25.4. The van der Waals surface area contributed by atoms with Gasteiger partial charge in [0.25, 0.3) is 0 Å². The Bertz CT molecular complexity index is 810. The first-order valence-corrected chi connectivity index (χ1v) is 19.2. The molecular formula is C34H56F4OSi. The lowest BCUT2D eigenvalue weighted by atomic mass is 9.85. The predicted octanol–water partition coefficient (Wildman–Crippen LogP) is 12.1. The smallest absolute Gasteiger partial charge is 0.250 e. The van der Waals surface area contributed by atoms with E-state index < -0.39 is 32.0 Å². The lowest BCUT2D eigenvalue weighted by Gasteiger charge is -2.40. The van der Waals surface area contributed by atoms with Crippen LogP contribution in [0.3, 0.4) is 0 Å².